The third kappa shape index (κ3) is 4.43. The van der Waals surface area contributed by atoms with Crippen LogP contribution >= 0.6 is 11.3 Å². The van der Waals surface area contributed by atoms with Crippen LogP contribution in [0, 0.1) is 6.92 Å². The van der Waals surface area contributed by atoms with Gasteiger partial charge in [0.25, 0.3) is 0 Å². The molecule has 1 atom stereocenters. The van der Waals surface area contributed by atoms with E-state index in [9.17, 15) is 4.79 Å². The zero-order valence-corrected chi connectivity index (χ0v) is 14.1. The summed E-state index contributed by atoms with van der Waals surface area (Å²) >= 11 is 1.61. The molecule has 3 rings (SSSR count). The van der Waals surface area contributed by atoms with E-state index in [-0.39, 0.29) is 11.9 Å². The van der Waals surface area contributed by atoms with E-state index in [4.69, 9.17) is 9.15 Å². The quantitative estimate of drug-likeness (QED) is 0.881. The Morgan fingerprint density at radius 3 is 2.83 bits per heavy atom. The maximum atomic E-state index is 12.2. The van der Waals surface area contributed by atoms with Crippen molar-refractivity contribution in [1.29, 1.82) is 0 Å². The molecule has 1 N–H and O–H groups in total. The number of ether oxygens (including phenoxy) is 1. The number of carbonyl (C=O) groups is 1. The summed E-state index contributed by atoms with van der Waals surface area (Å²) in [6, 6.07) is 7.98. The van der Waals surface area contributed by atoms with E-state index < -0.39 is 0 Å². The number of furan rings is 1. The first kappa shape index (κ1) is 16.2. The maximum absolute atomic E-state index is 12.2. The number of hydrogen-bond acceptors (Lipinski definition) is 5. The lowest BCUT2D eigenvalue weighted by molar-refractivity contribution is -0.120. The van der Waals surface area contributed by atoms with Crippen molar-refractivity contribution in [1.82, 2.24) is 10.2 Å². The first-order chi connectivity index (χ1) is 11.2. The Morgan fingerprint density at radius 1 is 1.35 bits per heavy atom. The lowest BCUT2D eigenvalue weighted by Gasteiger charge is -2.33. The first-order valence-corrected chi connectivity index (χ1v) is 8.77. The average molecular weight is 334 g/mol. The molecule has 0 aliphatic carbocycles. The van der Waals surface area contributed by atoms with E-state index in [1.54, 1.807) is 11.3 Å². The molecule has 0 radical (unpaired) electrons. The van der Waals surface area contributed by atoms with Crippen LogP contribution in [0.25, 0.3) is 0 Å². The van der Waals surface area contributed by atoms with Gasteiger partial charge in [-0.05, 0) is 30.5 Å². The highest BCUT2D eigenvalue weighted by atomic mass is 32.1. The molecule has 1 aliphatic rings. The molecule has 0 bridgehead atoms. The van der Waals surface area contributed by atoms with Crippen molar-refractivity contribution in [2.24, 2.45) is 0 Å². The van der Waals surface area contributed by atoms with Gasteiger partial charge < -0.3 is 14.5 Å². The van der Waals surface area contributed by atoms with Gasteiger partial charge in [-0.15, -0.1) is 11.3 Å². The van der Waals surface area contributed by atoms with Gasteiger partial charge in [0.2, 0.25) is 5.91 Å². The summed E-state index contributed by atoms with van der Waals surface area (Å²) in [4.78, 5) is 15.6. The number of nitrogens with zero attached hydrogens (tertiary/aromatic N) is 1. The van der Waals surface area contributed by atoms with Crippen LogP contribution in [0.4, 0.5) is 0 Å². The summed E-state index contributed by atoms with van der Waals surface area (Å²) in [6.07, 6.45) is 0.435. The monoisotopic (exact) mass is 334 g/mol. The normalized spacial score (nSPS) is 17.1. The van der Waals surface area contributed by atoms with Crippen molar-refractivity contribution in [2.75, 3.05) is 32.8 Å². The lowest BCUT2D eigenvalue weighted by Crippen LogP contribution is -2.43. The van der Waals surface area contributed by atoms with Gasteiger partial charge >= 0.3 is 0 Å². The number of thiophene rings is 1. The van der Waals surface area contributed by atoms with Gasteiger partial charge in [0.1, 0.15) is 11.5 Å². The zero-order chi connectivity index (χ0) is 16.1. The van der Waals surface area contributed by atoms with Gasteiger partial charge in [-0.1, -0.05) is 6.07 Å². The Hall–Kier alpha value is -1.63. The van der Waals surface area contributed by atoms with Crippen molar-refractivity contribution in [3.05, 3.63) is 46.0 Å². The molecule has 124 valence electrons. The molecule has 0 saturated carbocycles. The van der Waals surface area contributed by atoms with Crippen molar-refractivity contribution >= 4 is 17.2 Å². The number of hydrogen-bond donors (Lipinski definition) is 1. The van der Waals surface area contributed by atoms with E-state index in [0.29, 0.717) is 13.0 Å². The molecule has 2 aromatic heterocycles. The van der Waals surface area contributed by atoms with Gasteiger partial charge in [-0.3, -0.25) is 9.69 Å². The summed E-state index contributed by atoms with van der Waals surface area (Å²) in [5.74, 6) is 1.85. The smallest absolute Gasteiger partial charge is 0.225 e. The molecule has 0 aromatic carbocycles. The van der Waals surface area contributed by atoms with Crippen molar-refractivity contribution < 1.29 is 13.9 Å². The molecule has 2 aromatic rings. The average Bonchev–Trinajstić information content (AvgIpc) is 3.21. The lowest BCUT2D eigenvalue weighted by atomic mass is 10.1. The van der Waals surface area contributed by atoms with Crippen LogP contribution in [0.1, 0.15) is 22.4 Å². The van der Waals surface area contributed by atoms with E-state index in [1.165, 1.54) is 0 Å². The summed E-state index contributed by atoms with van der Waals surface area (Å²) in [7, 11) is 0. The molecule has 5 nitrogen and oxygen atoms in total. The van der Waals surface area contributed by atoms with E-state index in [0.717, 1.165) is 42.7 Å². The number of aryl methyl sites for hydroxylation is 1. The molecule has 0 unspecified atom stereocenters. The molecule has 1 aliphatic heterocycles. The van der Waals surface area contributed by atoms with Gasteiger partial charge in [0, 0.05) is 24.5 Å². The largest absolute Gasteiger partial charge is 0.465 e. The minimum absolute atomic E-state index is 0.0500. The second-order valence-electron chi connectivity index (χ2n) is 5.67. The SMILES string of the molecule is Cc1ccc([C@@H](CNC(=O)Cc2cccs2)N2CCOCC2)o1. The molecule has 0 spiro atoms. The van der Waals surface area contributed by atoms with Crippen molar-refractivity contribution in [3.8, 4) is 0 Å². The zero-order valence-electron chi connectivity index (χ0n) is 13.3. The Bertz CT molecular complexity index is 618. The Kier molecular flexibility index (Phi) is 5.48. The van der Waals surface area contributed by atoms with E-state index in [2.05, 4.69) is 10.2 Å². The molecular weight excluding hydrogens is 312 g/mol. The highest BCUT2D eigenvalue weighted by Gasteiger charge is 2.25. The van der Waals surface area contributed by atoms with Crippen LogP contribution < -0.4 is 5.32 Å². The topological polar surface area (TPSA) is 54.7 Å². The molecule has 23 heavy (non-hydrogen) atoms. The highest BCUT2D eigenvalue weighted by Crippen LogP contribution is 2.23. The Balaban J connectivity index is 1.62. The number of amides is 1. The predicted molar refractivity (Wildman–Crippen MR) is 89.6 cm³/mol. The number of carbonyl (C=O) groups excluding carboxylic acids is 1. The molecular formula is C17H22N2O3S. The van der Waals surface area contributed by atoms with Gasteiger partial charge in [-0.25, -0.2) is 0 Å². The fraction of sp³-hybridized carbons (Fsp3) is 0.471. The summed E-state index contributed by atoms with van der Waals surface area (Å²) < 4.78 is 11.2. The van der Waals surface area contributed by atoms with Gasteiger partial charge in [-0.2, -0.15) is 0 Å². The second-order valence-corrected chi connectivity index (χ2v) is 6.71. The standard InChI is InChI=1S/C17H22N2O3S/c1-13-4-5-16(22-13)15(19-6-8-21-9-7-19)12-18-17(20)11-14-3-2-10-23-14/h2-5,10,15H,6-9,11-12H2,1H3,(H,18,20)/t15-/m1/s1. The summed E-state index contributed by atoms with van der Waals surface area (Å²) in [5, 5.41) is 5.04. The Labute approximate surface area is 140 Å². The number of rotatable bonds is 6. The second kappa shape index (κ2) is 7.77. The first-order valence-electron chi connectivity index (χ1n) is 7.89. The molecule has 1 saturated heterocycles. The molecule has 6 heteroatoms. The molecule has 3 heterocycles. The number of nitrogens with one attached hydrogen (secondary N) is 1. The minimum Gasteiger partial charge on any atom is -0.465 e. The van der Waals surface area contributed by atoms with E-state index in [1.807, 2.05) is 36.6 Å². The van der Waals surface area contributed by atoms with Gasteiger partial charge in [0.15, 0.2) is 0 Å². The van der Waals surface area contributed by atoms with Crippen LogP contribution in [0.5, 0.6) is 0 Å². The van der Waals surface area contributed by atoms with Gasteiger partial charge in [0.05, 0.1) is 25.7 Å². The molecule has 1 amide bonds. The summed E-state index contributed by atoms with van der Waals surface area (Å²) in [5.41, 5.74) is 0. The van der Waals surface area contributed by atoms with Crippen LogP contribution in [0.15, 0.2) is 34.1 Å². The minimum atomic E-state index is 0.0500. The van der Waals surface area contributed by atoms with Crippen LogP contribution in [0.3, 0.4) is 0 Å². The molecule has 1 fully saturated rings. The Morgan fingerprint density at radius 2 is 2.17 bits per heavy atom. The van der Waals surface area contributed by atoms with E-state index >= 15 is 0 Å². The fourth-order valence-corrected chi connectivity index (χ4v) is 3.48. The fourth-order valence-electron chi connectivity index (χ4n) is 2.78. The predicted octanol–water partition coefficient (Wildman–Crippen LogP) is 2.38. The van der Waals surface area contributed by atoms with Crippen LogP contribution in [-0.4, -0.2) is 43.7 Å². The van der Waals surface area contributed by atoms with Crippen LogP contribution in [-0.2, 0) is 16.0 Å². The highest BCUT2D eigenvalue weighted by molar-refractivity contribution is 7.10. The third-order valence-electron chi connectivity index (χ3n) is 3.98. The summed E-state index contributed by atoms with van der Waals surface area (Å²) in [6.45, 7) is 5.64. The third-order valence-corrected chi connectivity index (χ3v) is 4.86. The van der Waals surface area contributed by atoms with Crippen LogP contribution in [0.2, 0.25) is 0 Å². The van der Waals surface area contributed by atoms with Crippen molar-refractivity contribution in [3.63, 3.8) is 0 Å². The maximum Gasteiger partial charge on any atom is 0.225 e. The van der Waals surface area contributed by atoms with Crippen molar-refractivity contribution in [2.45, 2.75) is 19.4 Å². The number of morpholine rings is 1.